The number of nitrogens with one attached hydrogen (secondary N) is 1. The second kappa shape index (κ2) is 5.09. The van der Waals surface area contributed by atoms with Crippen LogP contribution in [0.3, 0.4) is 0 Å². The molecule has 0 unspecified atom stereocenters. The van der Waals surface area contributed by atoms with E-state index in [1.807, 2.05) is 30.8 Å². The Bertz CT molecular complexity index is 468. The summed E-state index contributed by atoms with van der Waals surface area (Å²) in [5, 5.41) is 3.12. The second-order valence-electron chi connectivity index (χ2n) is 3.36. The van der Waals surface area contributed by atoms with E-state index in [1.165, 1.54) is 4.88 Å². The van der Waals surface area contributed by atoms with Gasteiger partial charge in [-0.15, -0.1) is 11.3 Å². The maximum atomic E-state index is 5.36. The van der Waals surface area contributed by atoms with Crippen LogP contribution in [0.15, 0.2) is 29.8 Å². The van der Waals surface area contributed by atoms with Gasteiger partial charge < -0.3 is 10.1 Å². The molecule has 0 saturated carbocycles. The van der Waals surface area contributed by atoms with Crippen LogP contribution in [0.1, 0.15) is 5.69 Å². The molecule has 2 rings (SSSR count). The van der Waals surface area contributed by atoms with Gasteiger partial charge in [0.25, 0.3) is 0 Å². The summed E-state index contributed by atoms with van der Waals surface area (Å²) < 4.78 is 5.36. The van der Waals surface area contributed by atoms with Crippen LogP contribution in [0.25, 0.3) is 10.4 Å². The summed E-state index contributed by atoms with van der Waals surface area (Å²) in [4.78, 5) is 5.53. The largest absolute Gasteiger partial charge is 0.496 e. The fraction of sp³-hybridized carbons (Fsp3) is 0.250. The molecule has 0 spiro atoms. The van der Waals surface area contributed by atoms with Crippen molar-refractivity contribution in [3.63, 3.8) is 0 Å². The van der Waals surface area contributed by atoms with Crippen molar-refractivity contribution in [3.05, 3.63) is 35.5 Å². The summed E-state index contributed by atoms with van der Waals surface area (Å²) in [7, 11) is 3.61. The van der Waals surface area contributed by atoms with Crippen molar-refractivity contribution < 1.29 is 4.74 Å². The normalized spacial score (nSPS) is 10.4. The van der Waals surface area contributed by atoms with Crippen molar-refractivity contribution in [2.24, 2.45) is 0 Å². The maximum Gasteiger partial charge on any atom is 0.127 e. The summed E-state index contributed by atoms with van der Waals surface area (Å²) in [5.41, 5.74) is 4.05. The Kier molecular flexibility index (Phi) is 3.54. The number of nitrogens with zero attached hydrogens (tertiary/aromatic N) is 1. The van der Waals surface area contributed by atoms with Crippen molar-refractivity contribution >= 4 is 11.3 Å². The van der Waals surface area contributed by atoms with Gasteiger partial charge in [0.1, 0.15) is 5.75 Å². The Morgan fingerprint density at radius 3 is 2.94 bits per heavy atom. The number of rotatable bonds is 4. The zero-order valence-corrected chi connectivity index (χ0v) is 10.2. The van der Waals surface area contributed by atoms with Crippen molar-refractivity contribution in [2.75, 3.05) is 14.2 Å². The zero-order valence-electron chi connectivity index (χ0n) is 9.36. The summed E-state index contributed by atoms with van der Waals surface area (Å²) in [6.07, 6.45) is 0. The Morgan fingerprint density at radius 2 is 2.19 bits per heavy atom. The first-order valence-corrected chi connectivity index (χ1v) is 5.95. The molecule has 0 fully saturated rings. The lowest BCUT2D eigenvalue weighted by Gasteiger charge is -2.07. The molecule has 3 nitrogen and oxygen atoms in total. The highest BCUT2D eigenvalue weighted by molar-refractivity contribution is 7.13. The van der Waals surface area contributed by atoms with Crippen LogP contribution in [0.4, 0.5) is 0 Å². The number of methoxy groups -OCH3 is 1. The summed E-state index contributed by atoms with van der Waals surface area (Å²) in [6.45, 7) is 0.775. The molecular formula is C12H14N2OS. The minimum Gasteiger partial charge on any atom is -0.496 e. The van der Waals surface area contributed by atoms with E-state index in [2.05, 4.69) is 16.4 Å². The third-order valence-corrected chi connectivity index (χ3v) is 3.24. The molecule has 84 valence electrons. The van der Waals surface area contributed by atoms with E-state index in [0.29, 0.717) is 0 Å². The van der Waals surface area contributed by atoms with Gasteiger partial charge in [0.15, 0.2) is 0 Å². The van der Waals surface area contributed by atoms with Crippen LogP contribution in [0, 0.1) is 0 Å². The molecule has 0 bridgehead atoms. The molecule has 1 N–H and O–H groups in total. The van der Waals surface area contributed by atoms with Gasteiger partial charge in [-0.05, 0) is 19.2 Å². The number of hydrogen-bond acceptors (Lipinski definition) is 4. The van der Waals surface area contributed by atoms with Gasteiger partial charge in [0.2, 0.25) is 0 Å². The number of para-hydroxylation sites is 1. The number of aromatic nitrogens is 1. The van der Waals surface area contributed by atoms with E-state index in [9.17, 15) is 0 Å². The molecule has 0 saturated heterocycles. The number of ether oxygens (including phenoxy) is 1. The van der Waals surface area contributed by atoms with Gasteiger partial charge >= 0.3 is 0 Å². The molecule has 1 aromatic carbocycles. The van der Waals surface area contributed by atoms with E-state index >= 15 is 0 Å². The van der Waals surface area contributed by atoms with E-state index in [-0.39, 0.29) is 0 Å². The van der Waals surface area contributed by atoms with E-state index in [0.717, 1.165) is 23.6 Å². The van der Waals surface area contributed by atoms with Crippen LogP contribution < -0.4 is 10.1 Å². The molecule has 1 aromatic heterocycles. The average molecular weight is 234 g/mol. The smallest absolute Gasteiger partial charge is 0.127 e. The molecular weight excluding hydrogens is 220 g/mol. The molecule has 1 heterocycles. The lowest BCUT2D eigenvalue weighted by molar-refractivity contribution is 0.416. The van der Waals surface area contributed by atoms with Crippen LogP contribution >= 0.6 is 11.3 Å². The van der Waals surface area contributed by atoms with Crippen molar-refractivity contribution in [1.82, 2.24) is 10.3 Å². The number of hydrogen-bond donors (Lipinski definition) is 1. The predicted molar refractivity (Wildman–Crippen MR) is 66.9 cm³/mol. The number of benzene rings is 1. The van der Waals surface area contributed by atoms with E-state index in [4.69, 9.17) is 4.74 Å². The standard InChI is InChI=1S/C12H14N2OS/c1-13-7-10-12(16-8-14-10)9-5-3-4-6-11(9)15-2/h3-6,8,13H,7H2,1-2H3. The first-order chi connectivity index (χ1) is 7.86. The SMILES string of the molecule is CNCc1ncsc1-c1ccccc1OC. The molecule has 0 aliphatic heterocycles. The van der Waals surface area contributed by atoms with E-state index in [1.54, 1.807) is 18.4 Å². The Labute approximate surface area is 99.1 Å². The van der Waals surface area contributed by atoms with Crippen molar-refractivity contribution in [3.8, 4) is 16.2 Å². The monoisotopic (exact) mass is 234 g/mol. The van der Waals surface area contributed by atoms with Crippen LogP contribution in [0.5, 0.6) is 5.75 Å². The first-order valence-electron chi connectivity index (χ1n) is 5.07. The zero-order chi connectivity index (χ0) is 11.4. The topological polar surface area (TPSA) is 34.2 Å². The average Bonchev–Trinajstić information content (AvgIpc) is 2.77. The lowest BCUT2D eigenvalue weighted by Crippen LogP contribution is -2.06. The fourth-order valence-corrected chi connectivity index (χ4v) is 2.46. The fourth-order valence-electron chi connectivity index (χ4n) is 1.61. The highest BCUT2D eigenvalue weighted by atomic mass is 32.1. The molecule has 16 heavy (non-hydrogen) atoms. The van der Waals surface area contributed by atoms with Gasteiger partial charge in [0.05, 0.1) is 23.2 Å². The molecule has 0 amide bonds. The van der Waals surface area contributed by atoms with Crippen LogP contribution in [-0.4, -0.2) is 19.1 Å². The second-order valence-corrected chi connectivity index (χ2v) is 4.21. The third kappa shape index (κ3) is 2.08. The van der Waals surface area contributed by atoms with Gasteiger partial charge in [-0.2, -0.15) is 0 Å². The molecule has 0 aliphatic rings. The van der Waals surface area contributed by atoms with Gasteiger partial charge in [-0.3, -0.25) is 0 Å². The van der Waals surface area contributed by atoms with E-state index < -0.39 is 0 Å². The van der Waals surface area contributed by atoms with Gasteiger partial charge in [-0.25, -0.2) is 4.98 Å². The minimum atomic E-state index is 0.775. The lowest BCUT2D eigenvalue weighted by atomic mass is 10.1. The van der Waals surface area contributed by atoms with Crippen LogP contribution in [-0.2, 0) is 6.54 Å². The number of thiazole rings is 1. The highest BCUT2D eigenvalue weighted by Crippen LogP contribution is 2.34. The molecule has 0 aliphatic carbocycles. The summed E-state index contributed by atoms with van der Waals surface area (Å²) in [6, 6.07) is 8.02. The Hall–Kier alpha value is -1.39. The predicted octanol–water partition coefficient (Wildman–Crippen LogP) is 2.54. The van der Waals surface area contributed by atoms with Crippen LogP contribution in [0.2, 0.25) is 0 Å². The van der Waals surface area contributed by atoms with Crippen molar-refractivity contribution in [2.45, 2.75) is 6.54 Å². The van der Waals surface area contributed by atoms with Gasteiger partial charge in [-0.1, -0.05) is 12.1 Å². The highest BCUT2D eigenvalue weighted by Gasteiger charge is 2.11. The third-order valence-electron chi connectivity index (χ3n) is 2.34. The maximum absolute atomic E-state index is 5.36. The quantitative estimate of drug-likeness (QED) is 0.882. The Balaban J connectivity index is 2.45. The minimum absolute atomic E-state index is 0.775. The molecule has 4 heteroatoms. The first kappa shape index (κ1) is 11.1. The molecule has 2 aromatic rings. The summed E-state index contributed by atoms with van der Waals surface area (Å²) in [5.74, 6) is 0.893. The molecule has 0 radical (unpaired) electrons. The Morgan fingerprint density at radius 1 is 1.38 bits per heavy atom. The van der Waals surface area contributed by atoms with Gasteiger partial charge in [0, 0.05) is 12.1 Å². The van der Waals surface area contributed by atoms with Crippen molar-refractivity contribution in [1.29, 1.82) is 0 Å². The molecule has 0 atom stereocenters. The summed E-state index contributed by atoms with van der Waals surface area (Å²) >= 11 is 1.64.